The number of hydrogen-bond acceptors (Lipinski definition) is 4. The van der Waals surface area contributed by atoms with E-state index in [1.165, 1.54) is 0 Å². The fraction of sp³-hybridized carbons (Fsp3) is 0.923. The Hall–Kier alpha value is -0.620. The van der Waals surface area contributed by atoms with Crippen molar-refractivity contribution in [2.24, 2.45) is 5.92 Å². The van der Waals surface area contributed by atoms with Crippen LogP contribution in [0, 0.1) is 5.92 Å². The van der Waals surface area contributed by atoms with Gasteiger partial charge in [0.25, 0.3) is 0 Å². The Labute approximate surface area is 115 Å². The van der Waals surface area contributed by atoms with Crippen LogP contribution in [0.5, 0.6) is 0 Å². The first-order chi connectivity index (χ1) is 9.02. The molecule has 0 radical (unpaired) electrons. The van der Waals surface area contributed by atoms with Crippen molar-refractivity contribution < 1.29 is 13.2 Å². The van der Waals surface area contributed by atoms with Crippen molar-refractivity contribution in [2.75, 3.05) is 31.1 Å². The lowest BCUT2D eigenvalue weighted by atomic mass is 9.94. The molecule has 19 heavy (non-hydrogen) atoms. The number of hydrogen-bond donors (Lipinski definition) is 1. The van der Waals surface area contributed by atoms with Crippen molar-refractivity contribution in [1.82, 2.24) is 10.2 Å². The summed E-state index contributed by atoms with van der Waals surface area (Å²) in [5.74, 6) is 0.977. The number of nitrogens with one attached hydrogen (secondary N) is 1. The summed E-state index contributed by atoms with van der Waals surface area (Å²) >= 11 is 0. The first-order valence-corrected chi connectivity index (χ1v) is 9.04. The predicted molar refractivity (Wildman–Crippen MR) is 74.7 cm³/mol. The van der Waals surface area contributed by atoms with Crippen molar-refractivity contribution in [3.8, 4) is 0 Å². The maximum atomic E-state index is 12.4. The van der Waals surface area contributed by atoms with Crippen LogP contribution < -0.4 is 5.32 Å². The zero-order valence-electron chi connectivity index (χ0n) is 11.6. The summed E-state index contributed by atoms with van der Waals surface area (Å²) in [6.07, 6.45) is 3.28. The Morgan fingerprint density at radius 2 is 1.95 bits per heavy atom. The van der Waals surface area contributed by atoms with Crippen molar-refractivity contribution >= 4 is 15.7 Å². The molecule has 2 heterocycles. The second kappa shape index (κ2) is 6.22. The largest absolute Gasteiger partial charge is 0.339 e. The van der Waals surface area contributed by atoms with Gasteiger partial charge in [-0.25, -0.2) is 8.42 Å². The van der Waals surface area contributed by atoms with Gasteiger partial charge in [-0.15, -0.1) is 0 Å². The zero-order chi connectivity index (χ0) is 13.9. The topological polar surface area (TPSA) is 66.5 Å². The smallest absolute Gasteiger partial charge is 0.223 e. The van der Waals surface area contributed by atoms with E-state index in [1.54, 1.807) is 4.90 Å². The van der Waals surface area contributed by atoms with Crippen LogP contribution in [-0.2, 0) is 14.6 Å². The van der Waals surface area contributed by atoms with Gasteiger partial charge in [0.05, 0.1) is 11.5 Å². The monoisotopic (exact) mass is 288 g/mol. The minimum atomic E-state index is -2.92. The molecule has 1 atom stereocenters. The summed E-state index contributed by atoms with van der Waals surface area (Å²) < 4.78 is 23.1. The first kappa shape index (κ1) is 14.8. The Kier molecular flexibility index (Phi) is 4.84. The fourth-order valence-electron chi connectivity index (χ4n) is 3.11. The molecule has 0 bridgehead atoms. The van der Waals surface area contributed by atoms with Crippen molar-refractivity contribution in [2.45, 2.75) is 38.6 Å². The van der Waals surface area contributed by atoms with Crippen LogP contribution in [-0.4, -0.2) is 56.4 Å². The van der Waals surface area contributed by atoms with E-state index in [1.807, 2.05) is 6.92 Å². The molecule has 2 aliphatic rings. The van der Waals surface area contributed by atoms with Crippen LogP contribution in [0.1, 0.15) is 32.6 Å². The lowest BCUT2D eigenvalue weighted by Crippen LogP contribution is -2.42. The second-order valence-electron chi connectivity index (χ2n) is 5.63. The number of carbonyl (C=O) groups is 1. The Balaban J connectivity index is 1.91. The highest BCUT2D eigenvalue weighted by atomic mass is 32.2. The van der Waals surface area contributed by atoms with E-state index >= 15 is 0 Å². The summed E-state index contributed by atoms with van der Waals surface area (Å²) in [6.45, 7) is 4.53. The van der Waals surface area contributed by atoms with Gasteiger partial charge in [-0.2, -0.15) is 0 Å². The van der Waals surface area contributed by atoms with Gasteiger partial charge in [0.2, 0.25) is 5.91 Å². The van der Waals surface area contributed by atoms with Crippen LogP contribution in [0.25, 0.3) is 0 Å². The van der Waals surface area contributed by atoms with Crippen LogP contribution in [0.4, 0.5) is 0 Å². The molecule has 6 heteroatoms. The van der Waals surface area contributed by atoms with Crippen molar-refractivity contribution in [3.63, 3.8) is 0 Å². The number of piperidine rings is 1. The molecule has 2 fully saturated rings. The van der Waals surface area contributed by atoms with Crippen LogP contribution in [0.3, 0.4) is 0 Å². The number of rotatable bonds is 4. The molecule has 0 saturated carbocycles. The molecular formula is C13H24N2O3S. The molecule has 5 nitrogen and oxygen atoms in total. The van der Waals surface area contributed by atoms with Crippen LogP contribution in [0.15, 0.2) is 0 Å². The van der Waals surface area contributed by atoms with Crippen LogP contribution in [0.2, 0.25) is 0 Å². The summed E-state index contributed by atoms with van der Waals surface area (Å²) in [5, 5.41) is 3.29. The highest BCUT2D eigenvalue weighted by Crippen LogP contribution is 2.22. The molecule has 1 N–H and O–H groups in total. The number of carbonyl (C=O) groups excluding carboxylic acids is 1. The van der Waals surface area contributed by atoms with Gasteiger partial charge in [-0.05, 0) is 45.2 Å². The van der Waals surface area contributed by atoms with Gasteiger partial charge in [0, 0.05) is 19.0 Å². The van der Waals surface area contributed by atoms with E-state index in [4.69, 9.17) is 0 Å². The molecule has 0 aromatic rings. The summed E-state index contributed by atoms with van der Waals surface area (Å²) in [6, 6.07) is -0.0933. The number of amides is 1. The minimum absolute atomic E-state index is 0.0933. The minimum Gasteiger partial charge on any atom is -0.339 e. The fourth-order valence-corrected chi connectivity index (χ4v) is 4.84. The van der Waals surface area contributed by atoms with E-state index in [0.29, 0.717) is 25.3 Å². The SMILES string of the molecule is CCN(C(=O)CC1CCNCC1)C1CCS(=O)(=O)C1. The molecule has 2 rings (SSSR count). The third-order valence-corrected chi connectivity index (χ3v) is 5.98. The van der Waals surface area contributed by atoms with Gasteiger partial charge < -0.3 is 10.2 Å². The lowest BCUT2D eigenvalue weighted by molar-refractivity contribution is -0.134. The number of sulfone groups is 1. The Morgan fingerprint density at radius 1 is 1.26 bits per heavy atom. The molecule has 0 spiro atoms. The summed E-state index contributed by atoms with van der Waals surface area (Å²) in [4.78, 5) is 14.1. The standard InChI is InChI=1S/C13H24N2O3S/c1-2-15(12-5-8-19(17,18)10-12)13(16)9-11-3-6-14-7-4-11/h11-12,14H,2-10H2,1H3. The maximum Gasteiger partial charge on any atom is 0.223 e. The van der Waals surface area contributed by atoms with Gasteiger partial charge in [-0.3, -0.25) is 4.79 Å². The van der Waals surface area contributed by atoms with E-state index in [0.717, 1.165) is 25.9 Å². The van der Waals surface area contributed by atoms with E-state index in [9.17, 15) is 13.2 Å². The summed E-state index contributed by atoms with van der Waals surface area (Å²) in [5.41, 5.74) is 0. The molecule has 0 aromatic carbocycles. The molecular weight excluding hydrogens is 264 g/mol. The zero-order valence-corrected chi connectivity index (χ0v) is 12.4. The molecule has 1 unspecified atom stereocenters. The van der Waals surface area contributed by atoms with Crippen molar-refractivity contribution in [3.05, 3.63) is 0 Å². The lowest BCUT2D eigenvalue weighted by Gasteiger charge is -2.30. The third kappa shape index (κ3) is 3.92. The average Bonchev–Trinajstić information content (AvgIpc) is 2.72. The molecule has 0 aliphatic carbocycles. The van der Waals surface area contributed by atoms with Gasteiger partial charge >= 0.3 is 0 Å². The molecule has 0 aromatic heterocycles. The van der Waals surface area contributed by atoms with Crippen LogP contribution >= 0.6 is 0 Å². The molecule has 110 valence electrons. The maximum absolute atomic E-state index is 12.4. The van der Waals surface area contributed by atoms with E-state index in [-0.39, 0.29) is 23.5 Å². The molecule has 2 aliphatic heterocycles. The van der Waals surface area contributed by atoms with E-state index in [2.05, 4.69) is 5.32 Å². The predicted octanol–water partition coefficient (Wildman–Crippen LogP) is 0.412. The molecule has 2 saturated heterocycles. The normalized spacial score (nSPS) is 27.3. The van der Waals surface area contributed by atoms with Gasteiger partial charge in [0.1, 0.15) is 0 Å². The van der Waals surface area contributed by atoms with E-state index < -0.39 is 9.84 Å². The van der Waals surface area contributed by atoms with Crippen molar-refractivity contribution in [1.29, 1.82) is 0 Å². The first-order valence-electron chi connectivity index (χ1n) is 7.22. The summed E-state index contributed by atoms with van der Waals surface area (Å²) in [7, 11) is -2.92. The third-order valence-electron chi connectivity index (χ3n) is 4.23. The highest BCUT2D eigenvalue weighted by molar-refractivity contribution is 7.91. The molecule has 1 amide bonds. The quantitative estimate of drug-likeness (QED) is 0.814. The Bertz CT molecular complexity index is 416. The highest BCUT2D eigenvalue weighted by Gasteiger charge is 2.34. The average molecular weight is 288 g/mol. The second-order valence-corrected chi connectivity index (χ2v) is 7.86. The Morgan fingerprint density at radius 3 is 2.47 bits per heavy atom. The number of nitrogens with zero attached hydrogens (tertiary/aromatic N) is 1. The van der Waals surface area contributed by atoms with Gasteiger partial charge in [-0.1, -0.05) is 0 Å². The van der Waals surface area contributed by atoms with Gasteiger partial charge in [0.15, 0.2) is 9.84 Å².